The van der Waals surface area contributed by atoms with Gasteiger partial charge in [-0.3, -0.25) is 4.79 Å². The second-order valence-corrected chi connectivity index (χ2v) is 5.21. The Hall–Kier alpha value is -2.44. The van der Waals surface area contributed by atoms with E-state index in [1.54, 1.807) is 25.5 Å². The van der Waals surface area contributed by atoms with Crippen molar-refractivity contribution < 1.29 is 4.74 Å². The predicted octanol–water partition coefficient (Wildman–Crippen LogP) is 0.536. The number of nitrogens with zero attached hydrogens (tertiary/aromatic N) is 5. The first kappa shape index (κ1) is 13.5. The number of hydrogen-bond donors (Lipinski definition) is 0. The molecule has 1 atom stereocenters. The van der Waals surface area contributed by atoms with Crippen molar-refractivity contribution in [2.75, 3.05) is 18.0 Å². The van der Waals surface area contributed by atoms with Crippen molar-refractivity contribution in [2.45, 2.75) is 19.4 Å². The van der Waals surface area contributed by atoms with Gasteiger partial charge in [-0.05, 0) is 12.5 Å². The lowest BCUT2D eigenvalue weighted by Gasteiger charge is -2.17. The minimum absolute atomic E-state index is 0.0126. The van der Waals surface area contributed by atoms with Crippen LogP contribution in [0.5, 0.6) is 6.01 Å². The van der Waals surface area contributed by atoms with Gasteiger partial charge in [0.25, 0.3) is 5.56 Å². The minimum atomic E-state index is -0.0637. The number of ether oxygens (including phenoxy) is 1. The molecule has 1 fully saturated rings. The smallest absolute Gasteiger partial charge is 0.316 e. The SMILES string of the molecule is Cc1cnc(OC2CCN(c3cc(=O)n(C)cn3)C2)nc1. The number of aromatic nitrogens is 4. The maximum absolute atomic E-state index is 11.6. The third-order valence-electron chi connectivity index (χ3n) is 3.46. The lowest BCUT2D eigenvalue weighted by molar-refractivity contribution is 0.206. The molecule has 2 aromatic rings. The first-order valence-corrected chi connectivity index (χ1v) is 6.85. The Kier molecular flexibility index (Phi) is 3.55. The van der Waals surface area contributed by atoms with Gasteiger partial charge in [-0.2, -0.15) is 0 Å². The van der Waals surface area contributed by atoms with Gasteiger partial charge in [-0.15, -0.1) is 0 Å². The molecule has 7 nitrogen and oxygen atoms in total. The highest BCUT2D eigenvalue weighted by atomic mass is 16.5. The van der Waals surface area contributed by atoms with Crippen LogP contribution in [-0.2, 0) is 7.05 Å². The molecule has 1 aliphatic rings. The maximum Gasteiger partial charge on any atom is 0.316 e. The Morgan fingerprint density at radius 1 is 1.29 bits per heavy atom. The molecule has 3 heterocycles. The summed E-state index contributed by atoms with van der Waals surface area (Å²) >= 11 is 0. The van der Waals surface area contributed by atoms with E-state index in [9.17, 15) is 4.79 Å². The lowest BCUT2D eigenvalue weighted by Crippen LogP contribution is -2.28. The number of aryl methyl sites for hydroxylation is 2. The molecule has 3 rings (SSSR count). The Balaban J connectivity index is 1.66. The molecule has 0 radical (unpaired) electrons. The highest BCUT2D eigenvalue weighted by Crippen LogP contribution is 2.19. The van der Waals surface area contributed by atoms with Crippen LogP contribution in [-0.4, -0.2) is 38.7 Å². The quantitative estimate of drug-likeness (QED) is 0.820. The Bertz CT molecular complexity index is 683. The Labute approximate surface area is 122 Å². The van der Waals surface area contributed by atoms with E-state index < -0.39 is 0 Å². The Morgan fingerprint density at radius 2 is 2.05 bits per heavy atom. The van der Waals surface area contributed by atoms with Gasteiger partial charge in [0.05, 0.1) is 12.9 Å². The standard InChI is InChI=1S/C14H17N5O2/c1-10-6-15-14(16-7-10)21-11-3-4-19(8-11)12-5-13(20)18(2)9-17-12/h5-7,9,11H,3-4,8H2,1-2H3. The van der Waals surface area contributed by atoms with Crippen molar-refractivity contribution in [3.8, 4) is 6.01 Å². The molecule has 0 N–H and O–H groups in total. The molecule has 1 aliphatic heterocycles. The van der Waals surface area contributed by atoms with Gasteiger partial charge in [0.1, 0.15) is 11.9 Å². The van der Waals surface area contributed by atoms with Crippen LogP contribution in [0.1, 0.15) is 12.0 Å². The van der Waals surface area contributed by atoms with Crippen LogP contribution in [0.15, 0.2) is 29.6 Å². The van der Waals surface area contributed by atoms with Gasteiger partial charge < -0.3 is 14.2 Å². The van der Waals surface area contributed by atoms with Crippen molar-refractivity contribution in [1.82, 2.24) is 19.5 Å². The normalized spacial score (nSPS) is 18.0. The second kappa shape index (κ2) is 5.51. The molecule has 7 heteroatoms. The first-order chi connectivity index (χ1) is 10.1. The van der Waals surface area contributed by atoms with Crippen LogP contribution in [0.2, 0.25) is 0 Å². The summed E-state index contributed by atoms with van der Waals surface area (Å²) in [7, 11) is 1.68. The maximum atomic E-state index is 11.6. The van der Waals surface area contributed by atoms with Gasteiger partial charge in [0.15, 0.2) is 0 Å². The number of anilines is 1. The average Bonchev–Trinajstić information content (AvgIpc) is 2.93. The van der Waals surface area contributed by atoms with E-state index in [1.807, 2.05) is 11.8 Å². The van der Waals surface area contributed by atoms with Crippen LogP contribution in [0.4, 0.5) is 5.82 Å². The monoisotopic (exact) mass is 287 g/mol. The van der Waals surface area contributed by atoms with Gasteiger partial charge in [-0.1, -0.05) is 0 Å². The van der Waals surface area contributed by atoms with Gasteiger partial charge in [0.2, 0.25) is 0 Å². The molecule has 21 heavy (non-hydrogen) atoms. The highest BCUT2D eigenvalue weighted by Gasteiger charge is 2.26. The third-order valence-corrected chi connectivity index (χ3v) is 3.46. The van der Waals surface area contributed by atoms with Crippen LogP contribution in [0.25, 0.3) is 0 Å². The molecule has 2 aromatic heterocycles. The fourth-order valence-electron chi connectivity index (χ4n) is 2.25. The second-order valence-electron chi connectivity index (χ2n) is 5.21. The summed E-state index contributed by atoms with van der Waals surface area (Å²) in [5.41, 5.74) is 0.936. The minimum Gasteiger partial charge on any atom is -0.458 e. The van der Waals surface area contributed by atoms with Crippen LogP contribution in [0, 0.1) is 6.92 Å². The summed E-state index contributed by atoms with van der Waals surface area (Å²) in [6.45, 7) is 3.41. The fraction of sp³-hybridized carbons (Fsp3) is 0.429. The van der Waals surface area contributed by atoms with E-state index in [0.717, 1.165) is 18.5 Å². The van der Waals surface area contributed by atoms with Crippen LogP contribution in [0.3, 0.4) is 0 Å². The van der Waals surface area contributed by atoms with Gasteiger partial charge >= 0.3 is 6.01 Å². The summed E-state index contributed by atoms with van der Waals surface area (Å²) in [5.74, 6) is 0.689. The predicted molar refractivity (Wildman–Crippen MR) is 77.5 cm³/mol. The van der Waals surface area contributed by atoms with Crippen LogP contribution >= 0.6 is 0 Å². The highest BCUT2D eigenvalue weighted by molar-refractivity contribution is 5.38. The zero-order chi connectivity index (χ0) is 14.8. The Morgan fingerprint density at radius 3 is 2.76 bits per heavy atom. The van der Waals surface area contributed by atoms with Gasteiger partial charge in [0, 0.05) is 38.5 Å². The molecule has 0 bridgehead atoms. The summed E-state index contributed by atoms with van der Waals surface area (Å²) in [4.78, 5) is 26.3. The van der Waals surface area contributed by atoms with Crippen LogP contribution < -0.4 is 15.2 Å². The van der Waals surface area contributed by atoms with Crippen molar-refractivity contribution in [3.63, 3.8) is 0 Å². The first-order valence-electron chi connectivity index (χ1n) is 6.85. The molecular weight excluding hydrogens is 270 g/mol. The van der Waals surface area contributed by atoms with E-state index in [4.69, 9.17) is 4.74 Å². The zero-order valence-corrected chi connectivity index (χ0v) is 12.1. The third kappa shape index (κ3) is 3.01. The van der Waals surface area contributed by atoms with Crippen molar-refractivity contribution in [1.29, 1.82) is 0 Å². The van der Waals surface area contributed by atoms with Gasteiger partial charge in [-0.25, -0.2) is 15.0 Å². The van der Waals surface area contributed by atoms with E-state index in [0.29, 0.717) is 18.4 Å². The molecule has 0 saturated carbocycles. The molecule has 110 valence electrons. The average molecular weight is 287 g/mol. The fourth-order valence-corrected chi connectivity index (χ4v) is 2.25. The molecule has 1 saturated heterocycles. The van der Waals surface area contributed by atoms with Crippen molar-refractivity contribution in [2.24, 2.45) is 7.05 Å². The van der Waals surface area contributed by atoms with Crippen molar-refractivity contribution in [3.05, 3.63) is 40.7 Å². The van der Waals surface area contributed by atoms with E-state index >= 15 is 0 Å². The topological polar surface area (TPSA) is 73.1 Å². The summed E-state index contributed by atoms with van der Waals surface area (Å²) in [6.07, 6.45) is 5.87. The summed E-state index contributed by atoms with van der Waals surface area (Å²) in [5, 5.41) is 0. The summed E-state index contributed by atoms with van der Waals surface area (Å²) < 4.78 is 7.21. The zero-order valence-electron chi connectivity index (χ0n) is 12.1. The van der Waals surface area contributed by atoms with Crippen molar-refractivity contribution >= 4 is 5.82 Å². The van der Waals surface area contributed by atoms with E-state index in [-0.39, 0.29) is 11.7 Å². The number of hydrogen-bond acceptors (Lipinski definition) is 6. The molecule has 0 spiro atoms. The molecule has 1 unspecified atom stereocenters. The molecule has 0 aliphatic carbocycles. The van der Waals surface area contributed by atoms with E-state index in [1.165, 1.54) is 10.9 Å². The number of rotatable bonds is 3. The molecule has 0 aromatic carbocycles. The largest absolute Gasteiger partial charge is 0.458 e. The molecular formula is C14H17N5O2. The molecule has 0 amide bonds. The summed E-state index contributed by atoms with van der Waals surface area (Å²) in [6, 6.07) is 1.94. The van der Waals surface area contributed by atoms with E-state index in [2.05, 4.69) is 15.0 Å². The lowest BCUT2D eigenvalue weighted by atomic mass is 10.3.